The third kappa shape index (κ3) is 2.68. The van der Waals surface area contributed by atoms with Crippen molar-refractivity contribution < 1.29 is 14.7 Å². The number of amides is 1. The summed E-state index contributed by atoms with van der Waals surface area (Å²) in [6.07, 6.45) is 4.68. The van der Waals surface area contributed by atoms with Gasteiger partial charge in [0.2, 0.25) is 5.91 Å². The molecule has 0 heterocycles. The van der Waals surface area contributed by atoms with Crippen LogP contribution in [0.25, 0.3) is 0 Å². The molecule has 1 amide bonds. The minimum atomic E-state index is -0.880. The van der Waals surface area contributed by atoms with E-state index in [4.69, 9.17) is 11.6 Å². The molecule has 2 bridgehead atoms. The van der Waals surface area contributed by atoms with E-state index in [2.05, 4.69) is 5.32 Å². The first kappa shape index (κ1) is 14.1. The maximum atomic E-state index is 12.4. The fourth-order valence-electron chi connectivity index (χ4n) is 3.47. The van der Waals surface area contributed by atoms with Crippen LogP contribution in [0.15, 0.2) is 36.4 Å². The van der Waals surface area contributed by atoms with Crippen molar-refractivity contribution in [2.75, 3.05) is 0 Å². The highest BCUT2D eigenvalue weighted by Crippen LogP contribution is 2.48. The molecule has 0 radical (unpaired) electrons. The van der Waals surface area contributed by atoms with Crippen molar-refractivity contribution in [3.63, 3.8) is 0 Å². The van der Waals surface area contributed by atoms with Gasteiger partial charge in [0.1, 0.15) is 0 Å². The molecule has 2 aliphatic rings. The number of allylic oxidation sites excluding steroid dienone is 2. The monoisotopic (exact) mass is 305 g/mol. The molecule has 3 rings (SSSR count). The number of hydrogen-bond donors (Lipinski definition) is 2. The molecule has 0 aromatic heterocycles. The Morgan fingerprint density at radius 2 is 1.95 bits per heavy atom. The second kappa shape index (κ2) is 5.53. The van der Waals surface area contributed by atoms with Gasteiger partial charge in [0.05, 0.1) is 11.8 Å². The average molecular weight is 306 g/mol. The minimum Gasteiger partial charge on any atom is -0.481 e. The SMILES string of the molecule is O=C(O)[C@@H]1[C@@H](C(=O)NCc2cccc(Cl)c2)[C@H]2C=C[C@H]1C2. The molecule has 1 fully saturated rings. The van der Waals surface area contributed by atoms with Gasteiger partial charge in [-0.1, -0.05) is 35.9 Å². The molecule has 0 aliphatic heterocycles. The summed E-state index contributed by atoms with van der Waals surface area (Å²) in [6.45, 7) is 0.364. The third-order valence-electron chi connectivity index (χ3n) is 4.40. The molecule has 4 nitrogen and oxygen atoms in total. The third-order valence-corrected chi connectivity index (χ3v) is 4.64. The van der Waals surface area contributed by atoms with Crippen molar-refractivity contribution in [1.29, 1.82) is 0 Å². The molecular weight excluding hydrogens is 290 g/mol. The highest BCUT2D eigenvalue weighted by molar-refractivity contribution is 6.30. The van der Waals surface area contributed by atoms with Crippen LogP contribution < -0.4 is 5.32 Å². The van der Waals surface area contributed by atoms with E-state index in [1.165, 1.54) is 0 Å². The summed E-state index contributed by atoms with van der Waals surface area (Å²) < 4.78 is 0. The maximum Gasteiger partial charge on any atom is 0.307 e. The lowest BCUT2D eigenvalue weighted by Crippen LogP contribution is -2.39. The number of rotatable bonds is 4. The Labute approximate surface area is 127 Å². The van der Waals surface area contributed by atoms with Crippen LogP contribution in [0.1, 0.15) is 12.0 Å². The molecule has 0 saturated heterocycles. The molecule has 1 saturated carbocycles. The normalized spacial score (nSPS) is 29.6. The van der Waals surface area contributed by atoms with Gasteiger partial charge in [-0.3, -0.25) is 9.59 Å². The van der Waals surface area contributed by atoms with Gasteiger partial charge in [-0.25, -0.2) is 0 Å². The lowest BCUT2D eigenvalue weighted by molar-refractivity contribution is -0.147. The molecule has 2 N–H and O–H groups in total. The van der Waals surface area contributed by atoms with Crippen LogP contribution in [0.5, 0.6) is 0 Å². The minimum absolute atomic E-state index is 0.00517. The van der Waals surface area contributed by atoms with E-state index in [-0.39, 0.29) is 17.7 Å². The number of hydrogen-bond acceptors (Lipinski definition) is 2. The van der Waals surface area contributed by atoms with E-state index >= 15 is 0 Å². The van der Waals surface area contributed by atoms with E-state index in [1.807, 2.05) is 24.3 Å². The molecular formula is C16H16ClNO3. The summed E-state index contributed by atoms with van der Waals surface area (Å²) in [5, 5.41) is 12.8. The highest BCUT2D eigenvalue weighted by atomic mass is 35.5. The van der Waals surface area contributed by atoms with Gasteiger partial charge in [0.25, 0.3) is 0 Å². The molecule has 110 valence electrons. The Morgan fingerprint density at radius 3 is 2.62 bits per heavy atom. The van der Waals surface area contributed by atoms with Gasteiger partial charge in [0.15, 0.2) is 0 Å². The molecule has 0 spiro atoms. The summed E-state index contributed by atoms with van der Waals surface area (Å²) >= 11 is 5.90. The van der Waals surface area contributed by atoms with E-state index in [9.17, 15) is 14.7 Å². The van der Waals surface area contributed by atoms with Crippen molar-refractivity contribution >= 4 is 23.5 Å². The fourth-order valence-corrected chi connectivity index (χ4v) is 3.68. The predicted octanol–water partition coefficient (Wildman–Crippen LogP) is 2.48. The van der Waals surface area contributed by atoms with Gasteiger partial charge in [-0.05, 0) is 36.0 Å². The van der Waals surface area contributed by atoms with Crippen LogP contribution in [0, 0.1) is 23.7 Å². The number of carbonyl (C=O) groups is 2. The second-order valence-electron chi connectivity index (χ2n) is 5.69. The number of halogens is 1. The molecule has 1 aromatic carbocycles. The summed E-state index contributed by atoms with van der Waals surface area (Å²) in [5.41, 5.74) is 0.904. The van der Waals surface area contributed by atoms with Crippen molar-refractivity contribution in [3.8, 4) is 0 Å². The summed E-state index contributed by atoms with van der Waals surface area (Å²) in [5.74, 6) is -2.07. The van der Waals surface area contributed by atoms with Gasteiger partial charge in [0, 0.05) is 11.6 Å². The zero-order valence-electron chi connectivity index (χ0n) is 11.3. The maximum absolute atomic E-state index is 12.4. The van der Waals surface area contributed by atoms with Crippen LogP contribution in [-0.4, -0.2) is 17.0 Å². The van der Waals surface area contributed by atoms with E-state index in [0.29, 0.717) is 11.6 Å². The quantitative estimate of drug-likeness (QED) is 0.840. The van der Waals surface area contributed by atoms with Gasteiger partial charge >= 0.3 is 5.97 Å². The fraction of sp³-hybridized carbons (Fsp3) is 0.375. The largest absolute Gasteiger partial charge is 0.481 e. The van der Waals surface area contributed by atoms with Crippen molar-refractivity contribution in [2.24, 2.45) is 23.7 Å². The molecule has 21 heavy (non-hydrogen) atoms. The van der Waals surface area contributed by atoms with Crippen LogP contribution in [0.4, 0.5) is 0 Å². The van der Waals surface area contributed by atoms with Gasteiger partial charge in [-0.15, -0.1) is 0 Å². The first-order valence-electron chi connectivity index (χ1n) is 6.99. The van der Waals surface area contributed by atoms with Crippen LogP contribution in [0.3, 0.4) is 0 Å². The highest BCUT2D eigenvalue weighted by Gasteiger charge is 2.51. The lowest BCUT2D eigenvalue weighted by atomic mass is 9.82. The second-order valence-corrected chi connectivity index (χ2v) is 6.12. The summed E-state index contributed by atoms with van der Waals surface area (Å²) in [4.78, 5) is 23.8. The smallest absolute Gasteiger partial charge is 0.307 e. The first-order chi connectivity index (χ1) is 10.1. The van der Waals surface area contributed by atoms with Crippen molar-refractivity contribution in [3.05, 3.63) is 47.0 Å². The van der Waals surface area contributed by atoms with Crippen molar-refractivity contribution in [2.45, 2.75) is 13.0 Å². The average Bonchev–Trinajstić information content (AvgIpc) is 3.05. The standard InChI is InChI=1S/C16H16ClNO3/c17-12-3-1-2-9(6-12)8-18-15(19)13-10-4-5-11(7-10)14(13)16(20)21/h1-6,10-11,13-14H,7-8H2,(H,18,19)(H,20,21)/t10-,11-,13-,14-/m0/s1. The topological polar surface area (TPSA) is 66.4 Å². The van der Waals surface area contributed by atoms with Gasteiger partial charge < -0.3 is 10.4 Å². The first-order valence-corrected chi connectivity index (χ1v) is 7.37. The number of carboxylic acid groups (broad SMARTS) is 1. The zero-order valence-corrected chi connectivity index (χ0v) is 12.1. The summed E-state index contributed by atoms with van der Waals surface area (Å²) in [7, 11) is 0. The predicted molar refractivity (Wildman–Crippen MR) is 78.7 cm³/mol. The number of carbonyl (C=O) groups excluding carboxylic acids is 1. The molecule has 2 aliphatic carbocycles. The van der Waals surface area contributed by atoms with E-state index in [0.717, 1.165) is 12.0 Å². The Morgan fingerprint density at radius 1 is 1.24 bits per heavy atom. The zero-order chi connectivity index (χ0) is 15.0. The number of nitrogens with one attached hydrogen (secondary N) is 1. The van der Waals surface area contributed by atoms with Crippen LogP contribution in [0.2, 0.25) is 5.02 Å². The molecule has 5 heteroatoms. The number of benzene rings is 1. The lowest BCUT2D eigenvalue weighted by Gasteiger charge is -2.23. The van der Waals surface area contributed by atoms with E-state index in [1.54, 1.807) is 12.1 Å². The van der Waals surface area contributed by atoms with Crippen molar-refractivity contribution in [1.82, 2.24) is 5.32 Å². The summed E-state index contributed by atoms with van der Waals surface area (Å²) in [6, 6.07) is 7.26. The molecule has 1 aromatic rings. The number of aliphatic carboxylic acids is 1. The Balaban J connectivity index is 1.68. The van der Waals surface area contributed by atoms with Crippen LogP contribution in [-0.2, 0) is 16.1 Å². The van der Waals surface area contributed by atoms with Crippen LogP contribution >= 0.6 is 11.6 Å². The van der Waals surface area contributed by atoms with E-state index < -0.39 is 17.8 Å². The number of fused-ring (bicyclic) bond motifs is 2. The molecule has 0 unspecified atom stereocenters. The Hall–Kier alpha value is -1.81. The number of carboxylic acids is 1. The Kier molecular flexibility index (Phi) is 3.72. The Bertz CT molecular complexity index is 613. The van der Waals surface area contributed by atoms with Gasteiger partial charge in [-0.2, -0.15) is 0 Å². The molecule has 4 atom stereocenters.